The van der Waals surface area contributed by atoms with Crippen molar-refractivity contribution < 1.29 is 16.8 Å². The van der Waals surface area contributed by atoms with Crippen LogP contribution in [-0.4, -0.2) is 40.1 Å². The SMILES string of the molecule is CC(C)(C)NS(=O)(=O)CCS(C)(=O)=O. The molecule has 0 aromatic carbocycles. The van der Waals surface area contributed by atoms with Gasteiger partial charge in [-0.2, -0.15) is 0 Å². The van der Waals surface area contributed by atoms with E-state index in [1.165, 1.54) is 0 Å². The zero-order valence-corrected chi connectivity index (χ0v) is 10.5. The van der Waals surface area contributed by atoms with Crippen LogP contribution in [-0.2, 0) is 19.9 Å². The standard InChI is InChI=1S/C7H17NO4S2/c1-7(2,3)8-14(11,12)6-5-13(4,9)10/h8H,5-6H2,1-4H3. The maximum absolute atomic E-state index is 11.3. The van der Waals surface area contributed by atoms with E-state index in [-0.39, 0.29) is 11.5 Å². The van der Waals surface area contributed by atoms with Crippen LogP contribution >= 0.6 is 0 Å². The zero-order chi connectivity index (χ0) is 11.6. The summed E-state index contributed by atoms with van der Waals surface area (Å²) in [6.07, 6.45) is 1.01. The van der Waals surface area contributed by atoms with Crippen molar-refractivity contribution in [2.24, 2.45) is 0 Å². The zero-order valence-electron chi connectivity index (χ0n) is 8.86. The van der Waals surface area contributed by atoms with Crippen LogP contribution in [0.25, 0.3) is 0 Å². The van der Waals surface area contributed by atoms with Gasteiger partial charge in [-0.25, -0.2) is 21.6 Å². The van der Waals surface area contributed by atoms with Crippen molar-refractivity contribution in [2.75, 3.05) is 17.8 Å². The third-order valence-corrected chi connectivity index (χ3v) is 4.05. The lowest BCUT2D eigenvalue weighted by molar-refractivity contribution is 0.492. The van der Waals surface area contributed by atoms with E-state index < -0.39 is 25.4 Å². The molecule has 0 amide bonds. The average molecular weight is 243 g/mol. The number of hydrogen-bond acceptors (Lipinski definition) is 4. The fraction of sp³-hybridized carbons (Fsp3) is 1.00. The minimum absolute atomic E-state index is 0.349. The average Bonchev–Trinajstić information content (AvgIpc) is 1.76. The first kappa shape index (κ1) is 13.9. The van der Waals surface area contributed by atoms with Gasteiger partial charge in [-0.15, -0.1) is 0 Å². The molecule has 14 heavy (non-hydrogen) atoms. The van der Waals surface area contributed by atoms with E-state index in [9.17, 15) is 16.8 Å². The number of nitrogens with one attached hydrogen (secondary N) is 1. The topological polar surface area (TPSA) is 80.3 Å². The summed E-state index contributed by atoms with van der Waals surface area (Å²) in [7, 11) is -6.73. The van der Waals surface area contributed by atoms with Gasteiger partial charge in [0.1, 0.15) is 9.84 Å². The predicted octanol–water partition coefficient (Wildman–Crippen LogP) is -0.251. The Hall–Kier alpha value is -0.140. The monoisotopic (exact) mass is 243 g/mol. The molecule has 0 aromatic rings. The summed E-state index contributed by atoms with van der Waals surface area (Å²) in [5.74, 6) is -0.735. The smallest absolute Gasteiger partial charge is 0.213 e. The summed E-state index contributed by atoms with van der Waals surface area (Å²) in [6, 6.07) is 0. The first-order valence-electron chi connectivity index (χ1n) is 4.11. The molecule has 0 rings (SSSR count). The number of hydrogen-bond donors (Lipinski definition) is 1. The largest absolute Gasteiger partial charge is 0.229 e. The highest BCUT2D eigenvalue weighted by atomic mass is 32.2. The lowest BCUT2D eigenvalue weighted by atomic mass is 10.1. The third-order valence-electron chi connectivity index (χ3n) is 1.18. The van der Waals surface area contributed by atoms with Crippen LogP contribution in [0.5, 0.6) is 0 Å². The van der Waals surface area contributed by atoms with Crippen molar-refractivity contribution >= 4 is 19.9 Å². The molecule has 5 nitrogen and oxygen atoms in total. The Morgan fingerprint density at radius 1 is 1.00 bits per heavy atom. The Balaban J connectivity index is 4.39. The highest BCUT2D eigenvalue weighted by Gasteiger charge is 2.21. The van der Waals surface area contributed by atoms with Crippen LogP contribution in [0.4, 0.5) is 0 Å². The first-order chi connectivity index (χ1) is 5.91. The normalized spacial score (nSPS) is 14.3. The second-order valence-corrected chi connectivity index (χ2v) is 8.40. The molecular weight excluding hydrogens is 226 g/mol. The highest BCUT2D eigenvalue weighted by Crippen LogP contribution is 2.02. The molecule has 0 aromatic heterocycles. The van der Waals surface area contributed by atoms with Gasteiger partial charge in [0.2, 0.25) is 10.0 Å². The number of sulfone groups is 1. The predicted molar refractivity (Wildman–Crippen MR) is 56.4 cm³/mol. The Bertz CT molecular complexity index is 374. The highest BCUT2D eigenvalue weighted by molar-refractivity contribution is 7.93. The van der Waals surface area contributed by atoms with Gasteiger partial charge in [-0.3, -0.25) is 0 Å². The molecule has 0 fully saturated rings. The van der Waals surface area contributed by atoms with Crippen LogP contribution in [0, 0.1) is 0 Å². The second kappa shape index (κ2) is 4.16. The third kappa shape index (κ3) is 8.46. The summed E-state index contributed by atoms with van der Waals surface area (Å²) in [5.41, 5.74) is -0.573. The van der Waals surface area contributed by atoms with Crippen molar-refractivity contribution in [1.82, 2.24) is 4.72 Å². The van der Waals surface area contributed by atoms with Crippen molar-refractivity contribution in [3.8, 4) is 0 Å². The number of sulfonamides is 1. The lowest BCUT2D eigenvalue weighted by Gasteiger charge is -2.19. The van der Waals surface area contributed by atoms with Crippen LogP contribution in [0.3, 0.4) is 0 Å². The quantitative estimate of drug-likeness (QED) is 0.738. The fourth-order valence-electron chi connectivity index (χ4n) is 0.779. The van der Waals surface area contributed by atoms with Gasteiger partial charge >= 0.3 is 0 Å². The van der Waals surface area contributed by atoms with Crippen molar-refractivity contribution in [1.29, 1.82) is 0 Å². The van der Waals surface area contributed by atoms with E-state index in [4.69, 9.17) is 0 Å². The molecule has 0 aliphatic rings. The van der Waals surface area contributed by atoms with Gasteiger partial charge in [-0.05, 0) is 20.8 Å². The van der Waals surface area contributed by atoms with Crippen molar-refractivity contribution in [3.05, 3.63) is 0 Å². The van der Waals surface area contributed by atoms with E-state index >= 15 is 0 Å². The number of rotatable bonds is 4. The minimum atomic E-state index is -3.50. The molecule has 0 unspecified atom stereocenters. The Labute approximate surface area is 85.9 Å². The molecular formula is C7H17NO4S2. The van der Waals surface area contributed by atoms with Gasteiger partial charge in [0.05, 0.1) is 11.5 Å². The van der Waals surface area contributed by atoms with E-state index in [2.05, 4.69) is 4.72 Å². The Morgan fingerprint density at radius 3 is 1.71 bits per heavy atom. The van der Waals surface area contributed by atoms with Gasteiger partial charge in [0, 0.05) is 11.8 Å². The molecule has 0 heterocycles. The first-order valence-corrected chi connectivity index (χ1v) is 7.82. The van der Waals surface area contributed by atoms with Gasteiger partial charge in [-0.1, -0.05) is 0 Å². The molecule has 0 aliphatic carbocycles. The van der Waals surface area contributed by atoms with Crippen molar-refractivity contribution in [3.63, 3.8) is 0 Å². The molecule has 0 bridgehead atoms. The summed E-state index contributed by atoms with van der Waals surface area (Å²) < 4.78 is 46.5. The Kier molecular flexibility index (Phi) is 4.12. The van der Waals surface area contributed by atoms with Crippen LogP contribution in [0.2, 0.25) is 0 Å². The molecule has 0 aliphatic heterocycles. The van der Waals surface area contributed by atoms with Crippen molar-refractivity contribution in [2.45, 2.75) is 26.3 Å². The summed E-state index contributed by atoms with van der Waals surface area (Å²) in [4.78, 5) is 0. The van der Waals surface area contributed by atoms with Gasteiger partial charge in [0.25, 0.3) is 0 Å². The summed E-state index contributed by atoms with van der Waals surface area (Å²) >= 11 is 0. The molecule has 0 saturated heterocycles. The maximum Gasteiger partial charge on any atom is 0.213 e. The van der Waals surface area contributed by atoms with E-state index in [1.807, 2.05) is 0 Å². The molecule has 1 N–H and O–H groups in total. The maximum atomic E-state index is 11.3. The molecule has 0 saturated carbocycles. The molecule has 7 heteroatoms. The summed E-state index contributed by atoms with van der Waals surface area (Å²) in [6.45, 7) is 5.10. The summed E-state index contributed by atoms with van der Waals surface area (Å²) in [5, 5.41) is 0. The Morgan fingerprint density at radius 2 is 1.43 bits per heavy atom. The van der Waals surface area contributed by atoms with Gasteiger partial charge < -0.3 is 0 Å². The van der Waals surface area contributed by atoms with E-state index in [0.29, 0.717) is 0 Å². The van der Waals surface area contributed by atoms with Crippen LogP contribution in [0.1, 0.15) is 20.8 Å². The lowest BCUT2D eigenvalue weighted by Crippen LogP contribution is -2.42. The van der Waals surface area contributed by atoms with Crippen LogP contribution < -0.4 is 4.72 Å². The second-order valence-electron chi connectivity index (χ2n) is 4.30. The minimum Gasteiger partial charge on any atom is -0.229 e. The fourth-order valence-corrected chi connectivity index (χ4v) is 3.90. The van der Waals surface area contributed by atoms with Crippen LogP contribution in [0.15, 0.2) is 0 Å². The molecule has 86 valence electrons. The molecule has 0 radical (unpaired) electrons. The van der Waals surface area contributed by atoms with E-state index in [0.717, 1.165) is 6.26 Å². The van der Waals surface area contributed by atoms with Gasteiger partial charge in [0.15, 0.2) is 0 Å². The van der Waals surface area contributed by atoms with E-state index in [1.54, 1.807) is 20.8 Å². The molecule has 0 spiro atoms. The molecule has 0 atom stereocenters.